The predicted molar refractivity (Wildman–Crippen MR) is 94.6 cm³/mol. The summed E-state index contributed by atoms with van der Waals surface area (Å²) in [6.07, 6.45) is 4.50. The smallest absolute Gasteiger partial charge is 0.289 e. The molecule has 7 nitrogen and oxygen atoms in total. The number of carbonyl (C=O) groups is 2. The molecule has 0 atom stereocenters. The molecule has 1 aliphatic rings. The van der Waals surface area contributed by atoms with Gasteiger partial charge in [-0.2, -0.15) is 0 Å². The van der Waals surface area contributed by atoms with Crippen LogP contribution in [0.2, 0.25) is 0 Å². The highest BCUT2D eigenvalue weighted by Crippen LogP contribution is 2.17. The van der Waals surface area contributed by atoms with Gasteiger partial charge in [0.1, 0.15) is 5.82 Å². The molecule has 132 valence electrons. The van der Waals surface area contributed by atoms with E-state index in [1.807, 2.05) is 19.1 Å². The predicted octanol–water partition coefficient (Wildman–Crippen LogP) is 2.38. The second-order valence-electron chi connectivity index (χ2n) is 5.96. The SMILES string of the molecule is CCCC(=O)Nc1ccc(N2CCN(C(=O)c3ccco3)CC2)nc1. The Hall–Kier alpha value is -2.83. The first-order valence-corrected chi connectivity index (χ1v) is 8.51. The number of carbonyl (C=O) groups excluding carboxylic acids is 2. The molecule has 1 aliphatic heterocycles. The molecule has 0 saturated carbocycles. The number of rotatable bonds is 5. The maximum absolute atomic E-state index is 12.3. The first kappa shape index (κ1) is 17.0. The standard InChI is InChI=1S/C18H22N4O3/c1-2-4-17(23)20-14-6-7-16(19-13-14)21-8-10-22(11-9-21)18(24)15-5-3-12-25-15/h3,5-7,12-13H,2,4,8-11H2,1H3,(H,20,23). The molecule has 25 heavy (non-hydrogen) atoms. The van der Waals surface area contributed by atoms with Gasteiger partial charge in [0.2, 0.25) is 5.91 Å². The normalized spacial score (nSPS) is 14.4. The largest absolute Gasteiger partial charge is 0.459 e. The lowest BCUT2D eigenvalue weighted by Crippen LogP contribution is -2.49. The Labute approximate surface area is 146 Å². The molecule has 0 spiro atoms. The molecule has 3 rings (SSSR count). The number of furan rings is 1. The minimum atomic E-state index is -0.0772. The summed E-state index contributed by atoms with van der Waals surface area (Å²) in [6.45, 7) is 4.63. The van der Waals surface area contributed by atoms with Gasteiger partial charge in [0.25, 0.3) is 5.91 Å². The highest BCUT2D eigenvalue weighted by Gasteiger charge is 2.24. The Balaban J connectivity index is 1.54. The van der Waals surface area contributed by atoms with Crippen LogP contribution in [0.15, 0.2) is 41.1 Å². The minimum absolute atomic E-state index is 0.00195. The van der Waals surface area contributed by atoms with Crippen LogP contribution in [0.4, 0.5) is 11.5 Å². The fourth-order valence-corrected chi connectivity index (χ4v) is 2.79. The topological polar surface area (TPSA) is 78.7 Å². The van der Waals surface area contributed by atoms with E-state index in [9.17, 15) is 9.59 Å². The Bertz CT molecular complexity index is 704. The van der Waals surface area contributed by atoms with Crippen LogP contribution in [0.3, 0.4) is 0 Å². The van der Waals surface area contributed by atoms with Crippen molar-refractivity contribution in [3.8, 4) is 0 Å². The highest BCUT2D eigenvalue weighted by molar-refractivity contribution is 5.91. The minimum Gasteiger partial charge on any atom is -0.459 e. The van der Waals surface area contributed by atoms with E-state index in [0.717, 1.165) is 12.2 Å². The molecule has 0 radical (unpaired) electrons. The van der Waals surface area contributed by atoms with Crippen LogP contribution < -0.4 is 10.2 Å². The fraction of sp³-hybridized carbons (Fsp3) is 0.389. The molecule has 2 amide bonds. The number of amides is 2. The molecule has 1 saturated heterocycles. The van der Waals surface area contributed by atoms with Crippen molar-refractivity contribution in [1.82, 2.24) is 9.88 Å². The quantitative estimate of drug-likeness (QED) is 0.902. The van der Waals surface area contributed by atoms with Crippen LogP contribution in [-0.4, -0.2) is 47.9 Å². The van der Waals surface area contributed by atoms with E-state index in [-0.39, 0.29) is 11.8 Å². The summed E-state index contributed by atoms with van der Waals surface area (Å²) in [4.78, 5) is 32.2. The third-order valence-electron chi connectivity index (χ3n) is 4.13. The van der Waals surface area contributed by atoms with Crippen molar-refractivity contribution in [3.63, 3.8) is 0 Å². The number of hydrogen-bond donors (Lipinski definition) is 1. The molecular weight excluding hydrogens is 320 g/mol. The van der Waals surface area contributed by atoms with Gasteiger partial charge < -0.3 is 19.5 Å². The van der Waals surface area contributed by atoms with Crippen LogP contribution in [0.25, 0.3) is 0 Å². The van der Waals surface area contributed by atoms with Crippen molar-refractivity contribution < 1.29 is 14.0 Å². The second kappa shape index (κ2) is 7.83. The van der Waals surface area contributed by atoms with Gasteiger partial charge in [0.05, 0.1) is 18.1 Å². The summed E-state index contributed by atoms with van der Waals surface area (Å²) in [5.74, 6) is 1.14. The molecule has 1 fully saturated rings. The third-order valence-corrected chi connectivity index (χ3v) is 4.13. The maximum atomic E-state index is 12.3. The summed E-state index contributed by atoms with van der Waals surface area (Å²) in [6, 6.07) is 7.15. The zero-order valence-electron chi connectivity index (χ0n) is 14.3. The highest BCUT2D eigenvalue weighted by atomic mass is 16.3. The van der Waals surface area contributed by atoms with Gasteiger partial charge in [-0.3, -0.25) is 9.59 Å². The van der Waals surface area contributed by atoms with E-state index < -0.39 is 0 Å². The monoisotopic (exact) mass is 342 g/mol. The molecule has 3 heterocycles. The zero-order chi connectivity index (χ0) is 17.6. The molecule has 1 N–H and O–H groups in total. The van der Waals surface area contributed by atoms with E-state index in [1.54, 1.807) is 23.2 Å². The average Bonchev–Trinajstić information content (AvgIpc) is 3.17. The summed E-state index contributed by atoms with van der Waals surface area (Å²) >= 11 is 0. The van der Waals surface area contributed by atoms with Crippen molar-refractivity contribution in [2.45, 2.75) is 19.8 Å². The number of aromatic nitrogens is 1. The molecule has 7 heteroatoms. The van der Waals surface area contributed by atoms with Crippen LogP contribution in [0, 0.1) is 0 Å². The van der Waals surface area contributed by atoms with Crippen molar-refractivity contribution in [3.05, 3.63) is 42.5 Å². The first-order chi connectivity index (χ1) is 12.2. The van der Waals surface area contributed by atoms with Crippen LogP contribution >= 0.6 is 0 Å². The van der Waals surface area contributed by atoms with E-state index in [0.29, 0.717) is 44.0 Å². The van der Waals surface area contributed by atoms with Gasteiger partial charge in [0.15, 0.2) is 5.76 Å². The van der Waals surface area contributed by atoms with E-state index in [2.05, 4.69) is 15.2 Å². The first-order valence-electron chi connectivity index (χ1n) is 8.51. The molecule has 0 bridgehead atoms. The molecule has 2 aromatic heterocycles. The second-order valence-corrected chi connectivity index (χ2v) is 5.96. The molecule has 0 unspecified atom stereocenters. The summed E-state index contributed by atoms with van der Waals surface area (Å²) in [7, 11) is 0. The Kier molecular flexibility index (Phi) is 5.33. The maximum Gasteiger partial charge on any atom is 0.289 e. The zero-order valence-corrected chi connectivity index (χ0v) is 14.3. The summed E-state index contributed by atoms with van der Waals surface area (Å²) in [5, 5.41) is 2.83. The number of hydrogen-bond acceptors (Lipinski definition) is 5. The van der Waals surface area contributed by atoms with Crippen LogP contribution in [0.5, 0.6) is 0 Å². The van der Waals surface area contributed by atoms with Gasteiger partial charge in [-0.15, -0.1) is 0 Å². The lowest BCUT2D eigenvalue weighted by molar-refractivity contribution is -0.116. The lowest BCUT2D eigenvalue weighted by atomic mass is 10.2. The molecule has 0 aromatic carbocycles. The van der Waals surface area contributed by atoms with Crippen molar-refractivity contribution in [2.24, 2.45) is 0 Å². The van der Waals surface area contributed by atoms with E-state index in [4.69, 9.17) is 4.42 Å². The molecule has 0 aliphatic carbocycles. The van der Waals surface area contributed by atoms with E-state index in [1.165, 1.54) is 6.26 Å². The third kappa shape index (κ3) is 4.17. The van der Waals surface area contributed by atoms with Crippen molar-refractivity contribution in [2.75, 3.05) is 36.4 Å². The van der Waals surface area contributed by atoms with Gasteiger partial charge in [-0.1, -0.05) is 6.92 Å². The number of nitrogens with zero attached hydrogens (tertiary/aromatic N) is 3. The number of pyridine rings is 1. The van der Waals surface area contributed by atoms with Crippen molar-refractivity contribution in [1.29, 1.82) is 0 Å². The summed E-state index contributed by atoms with van der Waals surface area (Å²) in [5.41, 5.74) is 0.703. The average molecular weight is 342 g/mol. The Morgan fingerprint density at radius 2 is 2.00 bits per heavy atom. The van der Waals surface area contributed by atoms with Gasteiger partial charge in [-0.05, 0) is 30.7 Å². The van der Waals surface area contributed by atoms with E-state index >= 15 is 0 Å². The summed E-state index contributed by atoms with van der Waals surface area (Å²) < 4.78 is 5.17. The lowest BCUT2D eigenvalue weighted by Gasteiger charge is -2.35. The molecular formula is C18H22N4O3. The van der Waals surface area contributed by atoms with Gasteiger partial charge in [-0.25, -0.2) is 4.98 Å². The Morgan fingerprint density at radius 3 is 2.60 bits per heavy atom. The van der Waals surface area contributed by atoms with Gasteiger partial charge >= 0.3 is 0 Å². The van der Waals surface area contributed by atoms with Crippen LogP contribution in [-0.2, 0) is 4.79 Å². The van der Waals surface area contributed by atoms with Crippen LogP contribution in [0.1, 0.15) is 30.3 Å². The van der Waals surface area contributed by atoms with Gasteiger partial charge in [0, 0.05) is 32.6 Å². The Morgan fingerprint density at radius 1 is 1.20 bits per heavy atom. The molecule has 2 aromatic rings. The number of anilines is 2. The fourth-order valence-electron chi connectivity index (χ4n) is 2.79. The number of piperazine rings is 1. The number of nitrogens with one attached hydrogen (secondary N) is 1. The van der Waals surface area contributed by atoms with Crippen molar-refractivity contribution >= 4 is 23.3 Å².